The smallest absolute Gasteiger partial charge is 0.163 e. The molecule has 2 heterocycles. The van der Waals surface area contributed by atoms with E-state index in [1.54, 1.807) is 0 Å². The van der Waals surface area contributed by atoms with Gasteiger partial charge in [-0.15, -0.1) is 0 Å². The Hall–Kier alpha value is -1.71. The lowest BCUT2D eigenvalue weighted by Gasteiger charge is -2.05. The molecule has 1 saturated carbocycles. The van der Waals surface area contributed by atoms with Crippen LogP contribution in [0.2, 0.25) is 0 Å². The van der Waals surface area contributed by atoms with Crippen LogP contribution in [-0.4, -0.2) is 23.2 Å². The van der Waals surface area contributed by atoms with Crippen LogP contribution in [-0.2, 0) is 0 Å². The number of aromatic nitrogens is 2. The lowest BCUT2D eigenvalue weighted by atomic mass is 10.1. The molecule has 4 heteroatoms. The average molecular weight is 258 g/mol. The molecule has 1 N–H and O–H groups in total. The Morgan fingerprint density at radius 3 is 2.58 bits per heavy atom. The standard InChI is InChI=1S/C15H18N2O2/c1-15(2)8-9(15)14-16-10-6-12-13(7-11(10)17-14)19-5-3-4-18-12/h6-7,9H,3-5,8H2,1-2H3,(H,16,17). The third-order valence-electron chi connectivity index (χ3n) is 4.21. The monoisotopic (exact) mass is 258 g/mol. The number of hydrogen-bond donors (Lipinski definition) is 1. The van der Waals surface area contributed by atoms with Crippen LogP contribution in [0.3, 0.4) is 0 Å². The third-order valence-corrected chi connectivity index (χ3v) is 4.21. The van der Waals surface area contributed by atoms with Crippen LogP contribution < -0.4 is 9.47 Å². The molecule has 1 atom stereocenters. The molecule has 4 nitrogen and oxygen atoms in total. The molecule has 1 fully saturated rings. The second-order valence-corrected chi connectivity index (χ2v) is 6.23. The lowest BCUT2D eigenvalue weighted by Crippen LogP contribution is -1.97. The maximum absolute atomic E-state index is 5.71. The molecule has 2 aliphatic rings. The fourth-order valence-corrected chi connectivity index (χ4v) is 2.79. The van der Waals surface area contributed by atoms with Crippen LogP contribution in [0, 0.1) is 5.41 Å². The van der Waals surface area contributed by atoms with E-state index in [0.717, 1.165) is 41.4 Å². The number of benzene rings is 1. The van der Waals surface area contributed by atoms with Crippen molar-refractivity contribution in [1.82, 2.24) is 9.97 Å². The van der Waals surface area contributed by atoms with Gasteiger partial charge in [0.2, 0.25) is 0 Å². The minimum absolute atomic E-state index is 0.387. The minimum Gasteiger partial charge on any atom is -0.489 e. The van der Waals surface area contributed by atoms with Crippen LogP contribution in [0.5, 0.6) is 11.5 Å². The number of ether oxygens (including phenoxy) is 2. The Morgan fingerprint density at radius 2 is 1.89 bits per heavy atom. The number of H-pyrrole nitrogens is 1. The Morgan fingerprint density at radius 1 is 1.21 bits per heavy atom. The van der Waals surface area contributed by atoms with Gasteiger partial charge in [0.05, 0.1) is 24.2 Å². The van der Waals surface area contributed by atoms with Crippen LogP contribution in [0.1, 0.15) is 38.4 Å². The first-order valence-corrected chi connectivity index (χ1v) is 6.93. The van der Waals surface area contributed by atoms with E-state index in [0.29, 0.717) is 17.9 Å². The number of aromatic amines is 1. The molecule has 1 aromatic carbocycles. The summed E-state index contributed by atoms with van der Waals surface area (Å²) >= 11 is 0. The van der Waals surface area contributed by atoms with Gasteiger partial charge in [0.25, 0.3) is 0 Å². The van der Waals surface area contributed by atoms with Crippen molar-refractivity contribution in [2.24, 2.45) is 5.41 Å². The highest BCUT2D eigenvalue weighted by molar-refractivity contribution is 5.80. The number of fused-ring (bicyclic) bond motifs is 2. The fourth-order valence-electron chi connectivity index (χ4n) is 2.79. The van der Waals surface area contributed by atoms with Gasteiger partial charge in [0, 0.05) is 24.5 Å². The fraction of sp³-hybridized carbons (Fsp3) is 0.533. The number of hydrogen-bond acceptors (Lipinski definition) is 3. The Bertz CT molecular complexity index is 602. The minimum atomic E-state index is 0.387. The highest BCUT2D eigenvalue weighted by atomic mass is 16.5. The van der Waals surface area contributed by atoms with E-state index in [-0.39, 0.29) is 0 Å². The van der Waals surface area contributed by atoms with E-state index in [2.05, 4.69) is 18.8 Å². The molecule has 100 valence electrons. The van der Waals surface area contributed by atoms with E-state index in [4.69, 9.17) is 14.5 Å². The maximum Gasteiger partial charge on any atom is 0.163 e. The first kappa shape index (κ1) is 11.1. The zero-order valence-corrected chi connectivity index (χ0v) is 11.3. The second-order valence-electron chi connectivity index (χ2n) is 6.23. The summed E-state index contributed by atoms with van der Waals surface area (Å²) < 4.78 is 11.4. The summed E-state index contributed by atoms with van der Waals surface area (Å²) in [5, 5.41) is 0. The van der Waals surface area contributed by atoms with E-state index < -0.39 is 0 Å². The van der Waals surface area contributed by atoms with Crippen LogP contribution in [0.25, 0.3) is 11.0 Å². The molecule has 2 aromatic rings. The molecule has 0 amide bonds. The molecule has 0 bridgehead atoms. The van der Waals surface area contributed by atoms with Gasteiger partial charge in [0.1, 0.15) is 5.82 Å². The van der Waals surface area contributed by atoms with E-state index in [1.807, 2.05) is 12.1 Å². The first-order valence-electron chi connectivity index (χ1n) is 6.93. The molecule has 4 rings (SSSR count). The molecular formula is C15H18N2O2. The quantitative estimate of drug-likeness (QED) is 0.854. The summed E-state index contributed by atoms with van der Waals surface area (Å²) in [6.07, 6.45) is 2.14. The van der Waals surface area contributed by atoms with Crippen molar-refractivity contribution in [2.75, 3.05) is 13.2 Å². The largest absolute Gasteiger partial charge is 0.489 e. The van der Waals surface area contributed by atoms with Gasteiger partial charge >= 0.3 is 0 Å². The predicted octanol–water partition coefficient (Wildman–Crippen LogP) is 3.24. The van der Waals surface area contributed by atoms with E-state index in [1.165, 1.54) is 6.42 Å². The lowest BCUT2D eigenvalue weighted by molar-refractivity contribution is 0.297. The van der Waals surface area contributed by atoms with Crippen molar-refractivity contribution in [3.63, 3.8) is 0 Å². The van der Waals surface area contributed by atoms with Gasteiger partial charge in [-0.3, -0.25) is 0 Å². The molecule has 0 radical (unpaired) electrons. The van der Waals surface area contributed by atoms with Gasteiger partial charge in [-0.25, -0.2) is 4.98 Å². The Kier molecular flexibility index (Phi) is 2.14. The number of nitrogens with one attached hydrogen (secondary N) is 1. The van der Waals surface area contributed by atoms with Crippen LogP contribution in [0.15, 0.2) is 12.1 Å². The third kappa shape index (κ3) is 1.78. The summed E-state index contributed by atoms with van der Waals surface area (Å²) in [5.74, 6) is 3.30. The highest BCUT2D eigenvalue weighted by Gasteiger charge is 2.48. The Labute approximate surface area is 112 Å². The van der Waals surface area contributed by atoms with Crippen molar-refractivity contribution in [1.29, 1.82) is 0 Å². The van der Waals surface area contributed by atoms with Crippen molar-refractivity contribution in [3.8, 4) is 11.5 Å². The zero-order chi connectivity index (χ0) is 13.0. The summed E-state index contributed by atoms with van der Waals surface area (Å²) in [7, 11) is 0. The van der Waals surface area contributed by atoms with Crippen molar-refractivity contribution in [2.45, 2.75) is 32.6 Å². The van der Waals surface area contributed by atoms with Crippen molar-refractivity contribution in [3.05, 3.63) is 18.0 Å². The second kappa shape index (κ2) is 3.65. The topological polar surface area (TPSA) is 47.1 Å². The van der Waals surface area contributed by atoms with Crippen molar-refractivity contribution < 1.29 is 9.47 Å². The molecule has 1 aliphatic carbocycles. The molecular weight excluding hydrogens is 240 g/mol. The normalized spacial score (nSPS) is 24.2. The van der Waals surface area contributed by atoms with E-state index >= 15 is 0 Å². The molecule has 1 unspecified atom stereocenters. The van der Waals surface area contributed by atoms with Gasteiger partial charge in [0.15, 0.2) is 11.5 Å². The predicted molar refractivity (Wildman–Crippen MR) is 72.8 cm³/mol. The van der Waals surface area contributed by atoms with Crippen molar-refractivity contribution >= 4 is 11.0 Å². The SMILES string of the molecule is CC1(C)CC1c1nc2cc3c(cc2[nH]1)OCCCO3. The van der Waals surface area contributed by atoms with E-state index in [9.17, 15) is 0 Å². The van der Waals surface area contributed by atoms with Crippen LogP contribution >= 0.6 is 0 Å². The maximum atomic E-state index is 5.71. The summed E-state index contributed by atoms with van der Waals surface area (Å²) in [6, 6.07) is 4.01. The molecule has 1 aromatic heterocycles. The van der Waals surface area contributed by atoms with Gasteiger partial charge < -0.3 is 14.5 Å². The van der Waals surface area contributed by atoms with Crippen LogP contribution in [0.4, 0.5) is 0 Å². The number of rotatable bonds is 1. The molecule has 0 spiro atoms. The van der Waals surface area contributed by atoms with Gasteiger partial charge in [-0.1, -0.05) is 13.8 Å². The number of nitrogens with zero attached hydrogens (tertiary/aromatic N) is 1. The highest BCUT2D eigenvalue weighted by Crippen LogP contribution is 2.57. The summed E-state index contributed by atoms with van der Waals surface area (Å²) in [5.41, 5.74) is 2.40. The van der Waals surface area contributed by atoms with Gasteiger partial charge in [-0.05, 0) is 11.8 Å². The summed E-state index contributed by atoms with van der Waals surface area (Å²) in [4.78, 5) is 8.15. The molecule has 0 saturated heterocycles. The van der Waals surface area contributed by atoms with Gasteiger partial charge in [-0.2, -0.15) is 0 Å². The first-order chi connectivity index (χ1) is 9.13. The zero-order valence-electron chi connectivity index (χ0n) is 11.3. The Balaban J connectivity index is 1.78. The molecule has 19 heavy (non-hydrogen) atoms. The summed E-state index contributed by atoms with van der Waals surface area (Å²) in [6.45, 7) is 6.00. The number of imidazole rings is 1. The average Bonchev–Trinajstić information content (AvgIpc) is 2.90. The molecule has 1 aliphatic heterocycles.